The molecule has 4 heteroatoms. The van der Waals surface area contributed by atoms with E-state index in [-0.39, 0.29) is 18.1 Å². The highest BCUT2D eigenvalue weighted by molar-refractivity contribution is 5.76. The third kappa shape index (κ3) is 2.66. The molecule has 1 aliphatic heterocycles. The van der Waals surface area contributed by atoms with Gasteiger partial charge in [-0.2, -0.15) is 0 Å². The van der Waals surface area contributed by atoms with Gasteiger partial charge in [-0.25, -0.2) is 0 Å². The van der Waals surface area contributed by atoms with Crippen molar-refractivity contribution in [2.45, 2.75) is 38.5 Å². The highest BCUT2D eigenvalue weighted by Gasteiger charge is 2.42. The molecule has 20 heavy (non-hydrogen) atoms. The van der Waals surface area contributed by atoms with E-state index in [2.05, 4.69) is 17.9 Å². The molecule has 2 atom stereocenters. The molecule has 0 amide bonds. The second kappa shape index (κ2) is 5.44. The first-order valence-corrected chi connectivity index (χ1v) is 7.25. The Morgan fingerprint density at radius 2 is 2.15 bits per heavy atom. The predicted octanol–water partition coefficient (Wildman–Crippen LogP) is 2.22. The molecule has 4 nitrogen and oxygen atoms in total. The Kier molecular flexibility index (Phi) is 3.66. The predicted molar refractivity (Wildman–Crippen MR) is 75.5 cm³/mol. The highest BCUT2D eigenvalue weighted by atomic mass is 16.5. The number of benzene rings is 1. The van der Waals surface area contributed by atoms with E-state index in [1.807, 2.05) is 18.2 Å². The van der Waals surface area contributed by atoms with Gasteiger partial charge < -0.3 is 9.47 Å². The number of nitrogens with zero attached hydrogens (tertiary/aromatic N) is 1. The lowest BCUT2D eigenvalue weighted by molar-refractivity contribution is -0.148. The van der Waals surface area contributed by atoms with Crippen LogP contribution in [0.5, 0.6) is 5.75 Å². The fraction of sp³-hybridized carbons (Fsp3) is 0.562. The van der Waals surface area contributed by atoms with Gasteiger partial charge in [0.05, 0.1) is 7.11 Å². The van der Waals surface area contributed by atoms with Gasteiger partial charge in [0.2, 0.25) is 0 Å². The number of para-hydroxylation sites is 1. The molecule has 1 aliphatic carbocycles. The number of rotatable bonds is 3. The van der Waals surface area contributed by atoms with Gasteiger partial charge in [-0.1, -0.05) is 18.2 Å². The number of esters is 1. The fourth-order valence-corrected chi connectivity index (χ4v) is 3.00. The second-order valence-corrected chi connectivity index (χ2v) is 5.77. The zero-order valence-corrected chi connectivity index (χ0v) is 12.0. The van der Waals surface area contributed by atoms with Crippen molar-refractivity contribution in [2.24, 2.45) is 5.92 Å². The van der Waals surface area contributed by atoms with Crippen LogP contribution in [0.1, 0.15) is 25.3 Å². The molecule has 0 bridgehead atoms. The maximum Gasteiger partial charge on any atom is 0.323 e. The summed E-state index contributed by atoms with van der Waals surface area (Å²) < 4.78 is 11.0. The molecule has 2 unspecified atom stereocenters. The van der Waals surface area contributed by atoms with Crippen molar-refractivity contribution in [1.82, 2.24) is 4.90 Å². The van der Waals surface area contributed by atoms with Crippen LogP contribution in [0.15, 0.2) is 24.3 Å². The van der Waals surface area contributed by atoms with Gasteiger partial charge in [0, 0.05) is 18.7 Å². The van der Waals surface area contributed by atoms with Crippen molar-refractivity contribution in [1.29, 1.82) is 0 Å². The zero-order chi connectivity index (χ0) is 14.1. The maximum atomic E-state index is 12.1. The van der Waals surface area contributed by atoms with Crippen LogP contribution >= 0.6 is 0 Å². The van der Waals surface area contributed by atoms with Gasteiger partial charge in [0.15, 0.2) is 0 Å². The van der Waals surface area contributed by atoms with Crippen molar-refractivity contribution >= 4 is 5.97 Å². The Labute approximate surface area is 119 Å². The van der Waals surface area contributed by atoms with E-state index >= 15 is 0 Å². The largest absolute Gasteiger partial charge is 0.489 e. The molecular weight excluding hydrogens is 254 g/mol. The Hall–Kier alpha value is -1.55. The van der Waals surface area contributed by atoms with Gasteiger partial charge in [0.1, 0.15) is 17.9 Å². The molecule has 0 spiro atoms. The summed E-state index contributed by atoms with van der Waals surface area (Å²) in [4.78, 5) is 14.3. The van der Waals surface area contributed by atoms with E-state index in [1.54, 1.807) is 0 Å². The van der Waals surface area contributed by atoms with Gasteiger partial charge in [0.25, 0.3) is 0 Å². The standard InChI is InChI=1S/C16H21NO3/c1-11-9-17(15(12-7-8-12)16(18)19-2)10-13-5-3-4-6-14(13)20-11/h3-6,11-12,15H,7-10H2,1-2H3. The van der Waals surface area contributed by atoms with E-state index in [4.69, 9.17) is 9.47 Å². The third-order valence-electron chi connectivity index (χ3n) is 4.07. The summed E-state index contributed by atoms with van der Waals surface area (Å²) in [6.45, 7) is 3.55. The van der Waals surface area contributed by atoms with E-state index in [0.29, 0.717) is 5.92 Å². The first-order valence-electron chi connectivity index (χ1n) is 7.25. The van der Waals surface area contributed by atoms with Crippen molar-refractivity contribution in [3.05, 3.63) is 29.8 Å². The Morgan fingerprint density at radius 3 is 2.85 bits per heavy atom. The quantitative estimate of drug-likeness (QED) is 0.793. The number of carbonyl (C=O) groups excluding carboxylic acids is 1. The van der Waals surface area contributed by atoms with Crippen LogP contribution in [0, 0.1) is 5.92 Å². The lowest BCUT2D eigenvalue weighted by Crippen LogP contribution is -2.45. The normalized spacial score (nSPS) is 24.2. The summed E-state index contributed by atoms with van der Waals surface area (Å²) in [7, 11) is 1.48. The number of methoxy groups -OCH3 is 1. The van der Waals surface area contributed by atoms with E-state index < -0.39 is 0 Å². The molecule has 3 rings (SSSR count). The molecule has 0 aromatic heterocycles. The van der Waals surface area contributed by atoms with Gasteiger partial charge in [-0.3, -0.25) is 9.69 Å². The maximum absolute atomic E-state index is 12.1. The van der Waals surface area contributed by atoms with E-state index in [9.17, 15) is 4.79 Å². The summed E-state index contributed by atoms with van der Waals surface area (Å²) in [5.74, 6) is 1.26. The van der Waals surface area contributed by atoms with Crippen LogP contribution < -0.4 is 4.74 Å². The van der Waals surface area contributed by atoms with Crippen molar-refractivity contribution in [3.8, 4) is 5.75 Å². The zero-order valence-electron chi connectivity index (χ0n) is 12.0. The minimum Gasteiger partial charge on any atom is -0.489 e. The lowest BCUT2D eigenvalue weighted by atomic mass is 10.1. The van der Waals surface area contributed by atoms with Crippen molar-refractivity contribution in [2.75, 3.05) is 13.7 Å². The fourth-order valence-electron chi connectivity index (χ4n) is 3.00. The Bertz CT molecular complexity index is 498. The molecule has 2 aliphatic rings. The number of hydrogen-bond acceptors (Lipinski definition) is 4. The number of fused-ring (bicyclic) bond motifs is 1. The van der Waals surface area contributed by atoms with Crippen LogP contribution in [0.3, 0.4) is 0 Å². The Balaban J connectivity index is 1.87. The Morgan fingerprint density at radius 1 is 1.40 bits per heavy atom. The minimum atomic E-state index is -0.128. The second-order valence-electron chi connectivity index (χ2n) is 5.77. The summed E-state index contributed by atoms with van der Waals surface area (Å²) in [6, 6.07) is 7.94. The third-order valence-corrected chi connectivity index (χ3v) is 4.07. The van der Waals surface area contributed by atoms with Crippen molar-refractivity contribution in [3.63, 3.8) is 0 Å². The number of hydrogen-bond donors (Lipinski definition) is 0. The summed E-state index contributed by atoms with van der Waals surface area (Å²) in [5.41, 5.74) is 1.14. The van der Waals surface area contributed by atoms with Crippen molar-refractivity contribution < 1.29 is 14.3 Å². The lowest BCUT2D eigenvalue weighted by Gasteiger charge is -2.29. The molecule has 1 aromatic carbocycles. The summed E-state index contributed by atoms with van der Waals surface area (Å²) in [6.07, 6.45) is 2.31. The van der Waals surface area contributed by atoms with Crippen LogP contribution in [-0.2, 0) is 16.1 Å². The first kappa shape index (κ1) is 13.4. The minimum absolute atomic E-state index is 0.0737. The average molecular weight is 275 g/mol. The molecular formula is C16H21NO3. The van der Waals surface area contributed by atoms with Gasteiger partial charge >= 0.3 is 5.97 Å². The van der Waals surface area contributed by atoms with Crippen LogP contribution in [0.4, 0.5) is 0 Å². The van der Waals surface area contributed by atoms with Gasteiger partial charge in [-0.15, -0.1) is 0 Å². The van der Waals surface area contributed by atoms with Crippen LogP contribution in [-0.4, -0.2) is 36.7 Å². The molecule has 1 fully saturated rings. The summed E-state index contributed by atoms with van der Waals surface area (Å²) >= 11 is 0. The average Bonchev–Trinajstić information content (AvgIpc) is 3.25. The van der Waals surface area contributed by atoms with Crippen LogP contribution in [0.2, 0.25) is 0 Å². The SMILES string of the molecule is COC(=O)C(C1CC1)N1Cc2ccccc2OC(C)C1. The molecule has 0 radical (unpaired) electrons. The molecule has 1 aromatic rings. The topological polar surface area (TPSA) is 38.8 Å². The first-order chi connectivity index (χ1) is 9.69. The van der Waals surface area contributed by atoms with Gasteiger partial charge in [-0.05, 0) is 31.7 Å². The molecule has 1 heterocycles. The molecule has 108 valence electrons. The number of ether oxygens (including phenoxy) is 2. The summed E-state index contributed by atoms with van der Waals surface area (Å²) in [5, 5.41) is 0. The van der Waals surface area contributed by atoms with E-state index in [1.165, 1.54) is 7.11 Å². The molecule has 1 saturated carbocycles. The monoisotopic (exact) mass is 275 g/mol. The molecule has 0 N–H and O–H groups in total. The highest BCUT2D eigenvalue weighted by Crippen LogP contribution is 2.38. The molecule has 0 saturated heterocycles. The van der Waals surface area contributed by atoms with E-state index in [0.717, 1.165) is 37.2 Å². The smallest absolute Gasteiger partial charge is 0.323 e. The van der Waals surface area contributed by atoms with Crippen LogP contribution in [0.25, 0.3) is 0 Å². The number of carbonyl (C=O) groups is 1.